The molecular formula is C92H130ClN9O11. The van der Waals surface area contributed by atoms with Crippen LogP contribution < -0.4 is 38.1 Å². The molecule has 3 aliphatic rings. The van der Waals surface area contributed by atoms with Crippen molar-refractivity contribution in [2.75, 3.05) is 6.54 Å². The molecule has 7 amide bonds. The van der Waals surface area contributed by atoms with Gasteiger partial charge in [0, 0.05) is 18.2 Å². The number of halogens is 1. The predicted octanol–water partition coefficient (Wildman–Crippen LogP) is 17.1. The summed E-state index contributed by atoms with van der Waals surface area (Å²) in [5, 5.41) is 14.3. The molecule has 0 spiro atoms. The average molecular weight is 1570 g/mol. The topological polar surface area (TPSA) is 300 Å². The van der Waals surface area contributed by atoms with Crippen molar-refractivity contribution < 1.29 is 52.6 Å². The third-order valence-corrected chi connectivity index (χ3v) is 19.9. The zero-order chi connectivity index (χ0) is 84.5. The molecule has 0 bridgehead atoms. The molecule has 113 heavy (non-hydrogen) atoms. The molecule has 2 saturated carbocycles. The van der Waals surface area contributed by atoms with E-state index in [9.17, 15) is 43.2 Å². The highest BCUT2D eigenvalue weighted by atomic mass is 35.5. The van der Waals surface area contributed by atoms with E-state index in [4.69, 9.17) is 20.9 Å². The third-order valence-electron chi connectivity index (χ3n) is 19.9. The number of alkyl carbamates (subject to hydrolysis) is 2. The van der Waals surface area contributed by atoms with Crippen molar-refractivity contribution in [2.24, 2.45) is 74.6 Å². The number of hydrogen-bond donors (Lipinski definition) is 7. The Kier molecular flexibility index (Phi) is 38.0. The number of isocyanates is 1. The number of carbonyl (C=O) groups is 8. The molecule has 5 aromatic carbocycles. The van der Waals surface area contributed by atoms with Crippen LogP contribution in [0.2, 0.25) is 0 Å². The highest BCUT2D eigenvalue weighted by Crippen LogP contribution is 2.65. The number of hydrogen-bond acceptors (Lipinski definition) is 13. The van der Waals surface area contributed by atoms with Gasteiger partial charge in [-0.2, -0.15) is 4.99 Å². The molecule has 2 aliphatic carbocycles. The van der Waals surface area contributed by atoms with Crippen LogP contribution in [0, 0.1) is 58.2 Å². The average Bonchev–Trinajstić information content (AvgIpc) is 1.52. The number of likely N-dealkylation sites (tertiary alicyclic amines) is 1. The van der Waals surface area contributed by atoms with Gasteiger partial charge in [-0.25, -0.2) is 19.2 Å². The number of rotatable bonds is 27. The SMILES string of the molecule is C=C(c1ccccc1)[C@@H](N)C(C)C.C=C(c1ccccc1)[C@@H](N=C=O)C(C)C.C=C(c1ccccc1)[C@@H](NC(=O)N[C@H](C(=O)N1C[C@H]2[C@@H]([C@H]1C(=O)NC(CC1CC1)C(=O)C(N)=O)C2(C)C)C(C)(C)C)C(C)C.C=C(c1ccccc1)[C@@H](NC(=O)OC(C)(C)C)C(C)C.CC(C)[C@H](NC(=O)OC(C)(C)C)C(=O)c1ccccc1.Cl. The van der Waals surface area contributed by atoms with Crippen molar-refractivity contribution in [3.8, 4) is 0 Å². The van der Waals surface area contributed by atoms with Crippen molar-refractivity contribution in [3.63, 3.8) is 0 Å². The molecule has 1 heterocycles. The molecule has 9 N–H and O–H groups in total. The summed E-state index contributed by atoms with van der Waals surface area (Å²) in [6.45, 7) is 57.5. The van der Waals surface area contributed by atoms with E-state index in [-0.39, 0.29) is 95.1 Å². The Bertz CT molecular complexity index is 3930. The van der Waals surface area contributed by atoms with Crippen LogP contribution in [0.5, 0.6) is 0 Å². The van der Waals surface area contributed by atoms with E-state index >= 15 is 0 Å². The molecule has 0 radical (unpaired) electrons. The highest BCUT2D eigenvalue weighted by Gasteiger charge is 2.70. The van der Waals surface area contributed by atoms with Gasteiger partial charge in [0.05, 0.1) is 30.2 Å². The summed E-state index contributed by atoms with van der Waals surface area (Å²) in [6, 6.07) is 43.8. The van der Waals surface area contributed by atoms with Crippen molar-refractivity contribution >= 4 is 88.3 Å². The molecule has 3 fully saturated rings. The Hall–Kier alpha value is -9.75. The van der Waals surface area contributed by atoms with Crippen LogP contribution in [0.3, 0.4) is 0 Å². The van der Waals surface area contributed by atoms with Crippen LogP contribution in [-0.2, 0) is 33.4 Å². The van der Waals surface area contributed by atoms with Gasteiger partial charge in [0.1, 0.15) is 23.3 Å². The first-order valence-electron chi connectivity index (χ1n) is 39.0. The van der Waals surface area contributed by atoms with Gasteiger partial charge in [-0.15, -0.1) is 12.4 Å². The van der Waals surface area contributed by atoms with Gasteiger partial charge in [-0.3, -0.25) is 24.0 Å². The second-order valence-electron chi connectivity index (χ2n) is 34.7. The summed E-state index contributed by atoms with van der Waals surface area (Å²) in [6.07, 6.45) is 2.85. The maximum atomic E-state index is 14.3. The molecule has 0 aromatic heterocycles. The Morgan fingerprint density at radius 2 is 0.894 bits per heavy atom. The predicted molar refractivity (Wildman–Crippen MR) is 459 cm³/mol. The van der Waals surface area contributed by atoms with Gasteiger partial charge in [-0.05, 0) is 151 Å². The Morgan fingerprint density at radius 3 is 1.24 bits per heavy atom. The second-order valence-corrected chi connectivity index (χ2v) is 34.7. The van der Waals surface area contributed by atoms with Crippen molar-refractivity contribution in [2.45, 2.75) is 224 Å². The molecular weight excluding hydrogens is 1440 g/mol. The lowest BCUT2D eigenvalue weighted by atomic mass is 9.85. The van der Waals surface area contributed by atoms with E-state index < -0.39 is 76.6 Å². The molecule has 616 valence electrons. The van der Waals surface area contributed by atoms with Gasteiger partial charge in [0.2, 0.25) is 23.7 Å². The summed E-state index contributed by atoms with van der Waals surface area (Å²) >= 11 is 0. The number of carbonyl (C=O) groups excluding carboxylic acids is 9. The second kappa shape index (κ2) is 44.1. The van der Waals surface area contributed by atoms with E-state index in [1.807, 2.05) is 210 Å². The fourth-order valence-electron chi connectivity index (χ4n) is 13.2. The van der Waals surface area contributed by atoms with Crippen LogP contribution in [0.25, 0.3) is 22.3 Å². The molecule has 1 unspecified atom stereocenters. The minimum absolute atomic E-state index is 0. The van der Waals surface area contributed by atoms with Crippen LogP contribution in [0.1, 0.15) is 197 Å². The number of primary amides is 1. The van der Waals surface area contributed by atoms with Crippen LogP contribution in [0.4, 0.5) is 14.4 Å². The Labute approximate surface area is 679 Å². The van der Waals surface area contributed by atoms with Crippen molar-refractivity contribution in [1.29, 1.82) is 0 Å². The number of amides is 7. The fourth-order valence-corrected chi connectivity index (χ4v) is 13.2. The standard InChI is InChI=1S/C34H49N5O5.C17H25NO2.C16H23NO3.C13H15NO.C12H17N.ClH/c1-18(2)25(19(3)21-12-10-9-11-13-21)37-32(44)38-28(33(4,5)6)31(43)39-17-22-24(34(22,7)8)26(39)30(42)36-23(16-20-14-15-20)27(40)29(35)41;1-12(2)15(18-16(19)20-17(4,5)6)13(3)14-10-8-7-9-11-14;1-11(2)13(17-15(19)20-16(3,4)5)14(18)12-9-7-6-8-10-12;1-10(2)13(14-9-15)11(3)12-7-5-4-6-8-12;1-9(2)12(13)10(3)11-7-5-4-6-8-11;/h9-13,18,20,22-26,28H,3,14-17H2,1-2,4-8H3,(H2,35,41)(H,36,42)(H2,37,38,44);7-12,15H,3H2,1-2,4-6H3,(H,18,19);6-11,13H,1-5H3,(H,17,19);4-8,10,13H,3H2,1-2H3;4-9,12H,3,13H2,1-2H3;1H/t22-,23?,24-,25-,26-,28+;15-;2*13-;12-;/m00000./s1. The summed E-state index contributed by atoms with van der Waals surface area (Å²) in [7, 11) is 0. The number of piperidine rings is 1. The van der Waals surface area contributed by atoms with E-state index in [0.29, 0.717) is 24.4 Å². The first kappa shape index (κ1) is 97.4. The quantitative estimate of drug-likeness (QED) is 0.0112. The van der Waals surface area contributed by atoms with Gasteiger partial charge < -0.3 is 52.4 Å². The molecule has 5 aromatic rings. The smallest absolute Gasteiger partial charge is 0.408 e. The van der Waals surface area contributed by atoms with Crippen LogP contribution in [0.15, 0.2) is 183 Å². The van der Waals surface area contributed by atoms with Gasteiger partial charge in [-0.1, -0.05) is 295 Å². The van der Waals surface area contributed by atoms with Gasteiger partial charge >= 0.3 is 18.2 Å². The largest absolute Gasteiger partial charge is 0.444 e. The van der Waals surface area contributed by atoms with E-state index in [2.05, 4.69) is 99.4 Å². The number of nitrogens with two attached hydrogens (primary N) is 2. The van der Waals surface area contributed by atoms with Crippen molar-refractivity contribution in [3.05, 3.63) is 206 Å². The maximum Gasteiger partial charge on any atom is 0.408 e. The third kappa shape index (κ3) is 30.9. The lowest BCUT2D eigenvalue weighted by Gasteiger charge is -2.38. The van der Waals surface area contributed by atoms with Crippen LogP contribution in [-0.4, -0.2) is 125 Å². The first-order chi connectivity index (χ1) is 52.1. The number of Topliss-reactive ketones (excluding diaryl/α,β-unsaturated/α-hetero) is 2. The Balaban J connectivity index is 0.000000401. The minimum atomic E-state index is -1.09. The van der Waals surface area contributed by atoms with Gasteiger partial charge in [0.25, 0.3) is 5.91 Å². The number of ketones is 2. The molecule has 10 atom stereocenters. The zero-order valence-corrected chi connectivity index (χ0v) is 71.6. The maximum absolute atomic E-state index is 14.3. The van der Waals surface area contributed by atoms with Gasteiger partial charge in [0.15, 0.2) is 5.78 Å². The molecule has 21 heteroatoms. The lowest BCUT2D eigenvalue weighted by Crippen LogP contribution is -2.62. The zero-order valence-electron chi connectivity index (χ0n) is 70.8. The molecule has 8 rings (SSSR count). The number of urea groups is 1. The Morgan fingerprint density at radius 1 is 0.522 bits per heavy atom. The molecule has 1 saturated heterocycles. The monoisotopic (exact) mass is 1570 g/mol. The normalized spacial score (nSPS) is 17.0. The van der Waals surface area contributed by atoms with E-state index in [1.54, 1.807) is 56.0 Å². The number of fused-ring (bicyclic) bond motifs is 1. The van der Waals surface area contributed by atoms with E-state index in [0.717, 1.165) is 57.4 Å². The number of aliphatic imine (C=N–C) groups is 1. The van der Waals surface area contributed by atoms with Crippen LogP contribution >= 0.6 is 12.4 Å². The molecule has 1 aliphatic heterocycles. The first-order valence-corrected chi connectivity index (χ1v) is 39.0. The summed E-state index contributed by atoms with van der Waals surface area (Å²) in [5.41, 5.74) is 17.6. The number of benzene rings is 5. The van der Waals surface area contributed by atoms with Crippen molar-refractivity contribution in [1.82, 2.24) is 31.5 Å². The molecule has 20 nitrogen and oxygen atoms in total. The number of nitrogens with zero attached hydrogens (tertiary/aromatic N) is 2. The summed E-state index contributed by atoms with van der Waals surface area (Å²) in [5.74, 6) is -1.65. The highest BCUT2D eigenvalue weighted by molar-refractivity contribution is 6.38. The lowest BCUT2D eigenvalue weighted by molar-refractivity contribution is -0.145. The number of nitrogens with one attached hydrogen (secondary N) is 5. The van der Waals surface area contributed by atoms with E-state index in [1.165, 1.54) is 0 Å². The fraction of sp³-hybridized carbons (Fsp3) is 0.489. The minimum Gasteiger partial charge on any atom is -0.444 e. The number of ether oxygens (including phenoxy) is 2. The summed E-state index contributed by atoms with van der Waals surface area (Å²) < 4.78 is 10.5. The summed E-state index contributed by atoms with van der Waals surface area (Å²) in [4.78, 5) is 118.